The van der Waals surface area contributed by atoms with Crippen LogP contribution in [-0.4, -0.2) is 25.3 Å². The molecule has 1 unspecified atom stereocenters. The number of rotatable bonds is 6. The molecule has 0 saturated heterocycles. The highest BCUT2D eigenvalue weighted by atomic mass is 35.5. The summed E-state index contributed by atoms with van der Waals surface area (Å²) in [6, 6.07) is 20.1. The molecule has 0 radical (unpaired) electrons. The van der Waals surface area contributed by atoms with E-state index in [9.17, 15) is 9.59 Å². The van der Waals surface area contributed by atoms with Crippen molar-refractivity contribution in [2.75, 3.05) is 23.9 Å². The summed E-state index contributed by atoms with van der Waals surface area (Å²) in [5, 5.41) is 7.53. The molecule has 1 atom stereocenters. The van der Waals surface area contributed by atoms with Crippen molar-refractivity contribution in [1.82, 2.24) is 5.32 Å². The van der Waals surface area contributed by atoms with E-state index in [1.165, 1.54) is 0 Å². The number of hydrogen-bond donors (Lipinski definition) is 2. The molecule has 0 bridgehead atoms. The van der Waals surface area contributed by atoms with Gasteiger partial charge in [-0.15, -0.1) is 0 Å². The van der Waals surface area contributed by atoms with Crippen molar-refractivity contribution in [1.29, 1.82) is 0 Å². The van der Waals surface area contributed by atoms with Crippen molar-refractivity contribution in [2.24, 2.45) is 5.41 Å². The monoisotopic (exact) mass is 563 g/mol. The van der Waals surface area contributed by atoms with Gasteiger partial charge < -0.3 is 20.3 Å². The summed E-state index contributed by atoms with van der Waals surface area (Å²) < 4.78 is 5.23. The van der Waals surface area contributed by atoms with Crippen LogP contribution in [0.4, 0.5) is 11.4 Å². The van der Waals surface area contributed by atoms with E-state index in [0.29, 0.717) is 35.0 Å². The molecule has 1 aliphatic carbocycles. The fourth-order valence-corrected chi connectivity index (χ4v) is 5.94. The molecule has 5 rings (SSSR count). The van der Waals surface area contributed by atoms with Crippen molar-refractivity contribution in [3.05, 3.63) is 99.2 Å². The highest BCUT2D eigenvalue weighted by Gasteiger charge is 2.42. The first kappa shape index (κ1) is 27.1. The Bertz CT molecular complexity index is 1450. The van der Waals surface area contributed by atoms with Crippen molar-refractivity contribution >= 4 is 46.3 Å². The number of carbonyl (C=O) groups is 2. The molecule has 1 aliphatic heterocycles. The molecule has 3 aromatic rings. The fourth-order valence-electron chi connectivity index (χ4n) is 5.43. The van der Waals surface area contributed by atoms with Gasteiger partial charge in [-0.1, -0.05) is 67.4 Å². The van der Waals surface area contributed by atoms with E-state index >= 15 is 0 Å². The van der Waals surface area contributed by atoms with Gasteiger partial charge >= 0.3 is 0 Å². The summed E-state index contributed by atoms with van der Waals surface area (Å²) in [7, 11) is 1.62. The van der Waals surface area contributed by atoms with Crippen LogP contribution in [0, 0.1) is 5.41 Å². The molecule has 0 fully saturated rings. The third kappa shape index (κ3) is 5.77. The molecule has 2 N–H and O–H groups in total. The summed E-state index contributed by atoms with van der Waals surface area (Å²) in [6.45, 7) is 4.58. The summed E-state index contributed by atoms with van der Waals surface area (Å²) >= 11 is 13.0. The van der Waals surface area contributed by atoms with Gasteiger partial charge in [-0.05, 0) is 59.4 Å². The quantitative estimate of drug-likeness (QED) is 0.340. The summed E-state index contributed by atoms with van der Waals surface area (Å²) in [5.74, 6) is 0.621. The van der Waals surface area contributed by atoms with Gasteiger partial charge in [0.25, 0.3) is 0 Å². The zero-order valence-electron chi connectivity index (χ0n) is 22.2. The minimum absolute atomic E-state index is 0.0198. The average molecular weight is 565 g/mol. The fraction of sp³-hybridized carbons (Fsp3) is 0.290. The van der Waals surface area contributed by atoms with Crippen LogP contribution in [-0.2, 0) is 16.1 Å². The van der Waals surface area contributed by atoms with E-state index in [4.69, 9.17) is 27.9 Å². The molecule has 8 heteroatoms. The van der Waals surface area contributed by atoms with Gasteiger partial charge in [0, 0.05) is 34.3 Å². The molecule has 0 saturated carbocycles. The number of benzene rings is 3. The van der Waals surface area contributed by atoms with Gasteiger partial charge in [0.05, 0.1) is 31.1 Å². The first-order valence-electron chi connectivity index (χ1n) is 12.9. The number of ether oxygens (including phenoxy) is 1. The highest BCUT2D eigenvalue weighted by molar-refractivity contribution is 6.35. The lowest BCUT2D eigenvalue weighted by Gasteiger charge is -2.38. The normalized spacial score (nSPS) is 18.0. The minimum atomic E-state index is -0.573. The zero-order chi connectivity index (χ0) is 27.7. The number of halogens is 2. The Morgan fingerprint density at radius 2 is 1.82 bits per heavy atom. The van der Waals surface area contributed by atoms with Crippen LogP contribution >= 0.6 is 23.2 Å². The van der Waals surface area contributed by atoms with Gasteiger partial charge in [-0.3, -0.25) is 9.59 Å². The Morgan fingerprint density at radius 3 is 2.54 bits per heavy atom. The number of methoxy groups -OCH3 is 1. The summed E-state index contributed by atoms with van der Waals surface area (Å²) in [6.07, 6.45) is 1.10. The smallest absolute Gasteiger partial charge is 0.239 e. The van der Waals surface area contributed by atoms with E-state index in [1.807, 2.05) is 59.5 Å². The second kappa shape index (κ2) is 10.9. The molecule has 39 heavy (non-hydrogen) atoms. The first-order chi connectivity index (χ1) is 18.6. The number of carbonyl (C=O) groups excluding carboxylic acids is 2. The number of ketones is 1. The van der Waals surface area contributed by atoms with Gasteiger partial charge in [0.2, 0.25) is 5.91 Å². The van der Waals surface area contributed by atoms with Crippen molar-refractivity contribution in [3.8, 4) is 5.75 Å². The maximum atomic E-state index is 13.8. The van der Waals surface area contributed by atoms with Crippen molar-refractivity contribution < 1.29 is 14.3 Å². The predicted molar refractivity (Wildman–Crippen MR) is 157 cm³/mol. The average Bonchev–Trinajstić information content (AvgIpc) is 3.01. The minimum Gasteiger partial charge on any atom is -0.497 e. The standard InChI is InChI=1S/C31H31Cl2N3O3/c1-31(2)15-25-29(27(37)16-31)30(22-13-10-20(32)14-23(22)33)36(26-7-5-4-6-24(26)35-25)18-28(38)34-17-19-8-11-21(39-3)12-9-19/h4-14,30,35H,15-18H2,1-3H3,(H,34,38). The van der Waals surface area contributed by atoms with Crippen LogP contribution in [0.15, 0.2) is 78.0 Å². The van der Waals surface area contributed by atoms with Crippen LogP contribution in [0.2, 0.25) is 10.0 Å². The van der Waals surface area contributed by atoms with E-state index in [1.54, 1.807) is 19.2 Å². The van der Waals surface area contributed by atoms with Gasteiger partial charge in [-0.25, -0.2) is 0 Å². The third-order valence-corrected chi connectivity index (χ3v) is 7.79. The number of anilines is 2. The topological polar surface area (TPSA) is 70.7 Å². The lowest BCUT2D eigenvalue weighted by molar-refractivity contribution is -0.120. The number of allylic oxidation sites excluding steroid dienone is 1. The Morgan fingerprint density at radius 1 is 1.08 bits per heavy atom. The molecule has 202 valence electrons. The summed E-state index contributed by atoms with van der Waals surface area (Å²) in [5.41, 5.74) is 4.63. The van der Waals surface area contributed by atoms with Crippen LogP contribution in [0.25, 0.3) is 0 Å². The van der Waals surface area contributed by atoms with Crippen LogP contribution in [0.1, 0.15) is 43.9 Å². The highest BCUT2D eigenvalue weighted by Crippen LogP contribution is 2.49. The Hall–Kier alpha value is -3.48. The van der Waals surface area contributed by atoms with Gasteiger partial charge in [0.1, 0.15) is 5.75 Å². The van der Waals surface area contributed by atoms with Gasteiger partial charge in [0.15, 0.2) is 5.78 Å². The largest absolute Gasteiger partial charge is 0.497 e. The van der Waals surface area contributed by atoms with E-state index in [-0.39, 0.29) is 23.7 Å². The first-order valence-corrected chi connectivity index (χ1v) is 13.6. The second-order valence-electron chi connectivity index (χ2n) is 10.8. The van der Waals surface area contributed by atoms with E-state index < -0.39 is 6.04 Å². The summed E-state index contributed by atoms with van der Waals surface area (Å²) in [4.78, 5) is 29.2. The molecule has 3 aromatic carbocycles. The predicted octanol–water partition coefficient (Wildman–Crippen LogP) is 6.93. The second-order valence-corrected chi connectivity index (χ2v) is 11.6. The van der Waals surface area contributed by atoms with Crippen molar-refractivity contribution in [2.45, 2.75) is 39.3 Å². The Kier molecular flexibility index (Phi) is 7.61. The zero-order valence-corrected chi connectivity index (χ0v) is 23.7. The maximum absolute atomic E-state index is 13.8. The lowest BCUT2D eigenvalue weighted by atomic mass is 9.73. The molecule has 1 amide bonds. The van der Waals surface area contributed by atoms with E-state index in [2.05, 4.69) is 24.5 Å². The Labute approximate surface area is 238 Å². The number of nitrogens with zero attached hydrogens (tertiary/aromatic N) is 1. The van der Waals surface area contributed by atoms with Crippen LogP contribution in [0.5, 0.6) is 5.75 Å². The number of fused-ring (bicyclic) bond motifs is 1. The third-order valence-electron chi connectivity index (χ3n) is 7.22. The molecule has 2 aliphatic rings. The van der Waals surface area contributed by atoms with Crippen LogP contribution in [0.3, 0.4) is 0 Å². The molecule has 1 heterocycles. The number of hydrogen-bond acceptors (Lipinski definition) is 5. The molecular formula is C31H31Cl2N3O3. The lowest BCUT2D eigenvalue weighted by Crippen LogP contribution is -2.42. The van der Waals surface area contributed by atoms with Gasteiger partial charge in [-0.2, -0.15) is 0 Å². The number of Topliss-reactive ketones (excluding diaryl/α,β-unsaturated/α-hetero) is 1. The molecule has 0 aromatic heterocycles. The number of nitrogens with one attached hydrogen (secondary N) is 2. The van der Waals surface area contributed by atoms with Crippen molar-refractivity contribution in [3.63, 3.8) is 0 Å². The number of amides is 1. The molecule has 6 nitrogen and oxygen atoms in total. The maximum Gasteiger partial charge on any atom is 0.239 e. The molecular weight excluding hydrogens is 533 g/mol. The van der Waals surface area contributed by atoms with E-state index in [0.717, 1.165) is 33.9 Å². The van der Waals surface area contributed by atoms with Crippen LogP contribution < -0.4 is 20.3 Å². The Balaban J connectivity index is 1.56. The molecule has 0 spiro atoms. The SMILES string of the molecule is COc1ccc(CNC(=O)CN2c3ccccc3NC3=C(C(=O)CC(C)(C)C3)C2c2ccc(Cl)cc2Cl)cc1. The number of para-hydroxylation sites is 2.